The maximum absolute atomic E-state index is 12.4. The lowest BCUT2D eigenvalue weighted by atomic mass is 10.2. The van der Waals surface area contributed by atoms with E-state index >= 15 is 0 Å². The van der Waals surface area contributed by atoms with E-state index in [9.17, 15) is 14.4 Å². The molecular weight excluding hydrogens is 336 g/mol. The minimum atomic E-state index is -1.09. The van der Waals surface area contributed by atoms with E-state index in [0.717, 1.165) is 4.90 Å². The molecular formula is C15H21ClN4O4. The van der Waals surface area contributed by atoms with Crippen LogP contribution in [0.25, 0.3) is 0 Å². The van der Waals surface area contributed by atoms with Crippen molar-refractivity contribution in [2.45, 2.75) is 40.3 Å². The van der Waals surface area contributed by atoms with Crippen LogP contribution in [0.3, 0.4) is 0 Å². The summed E-state index contributed by atoms with van der Waals surface area (Å²) in [4.78, 5) is 37.1. The number of esters is 1. The zero-order chi connectivity index (χ0) is 18.0. The van der Waals surface area contributed by atoms with Crippen molar-refractivity contribution in [3.8, 4) is 0 Å². The SMILES string of the molecule is Cc1nn(CC(C)C)c(Cl)c1C(=O)O[C@@H](C)C(=O)N1CCNC1=O. The number of aryl methyl sites for hydroxylation is 1. The molecule has 0 aliphatic carbocycles. The summed E-state index contributed by atoms with van der Waals surface area (Å²) in [5, 5.41) is 6.94. The van der Waals surface area contributed by atoms with Crippen molar-refractivity contribution < 1.29 is 19.1 Å². The first-order chi connectivity index (χ1) is 11.2. The molecule has 9 heteroatoms. The predicted molar refractivity (Wildman–Crippen MR) is 86.8 cm³/mol. The van der Waals surface area contributed by atoms with E-state index in [1.54, 1.807) is 11.6 Å². The highest BCUT2D eigenvalue weighted by Crippen LogP contribution is 2.22. The molecule has 1 aliphatic rings. The third kappa shape index (κ3) is 3.69. The van der Waals surface area contributed by atoms with Gasteiger partial charge in [-0.25, -0.2) is 9.59 Å². The smallest absolute Gasteiger partial charge is 0.343 e. The van der Waals surface area contributed by atoms with Crippen LogP contribution in [-0.4, -0.2) is 51.8 Å². The number of halogens is 1. The summed E-state index contributed by atoms with van der Waals surface area (Å²) in [5.41, 5.74) is 0.576. The number of hydrogen-bond donors (Lipinski definition) is 1. The van der Waals surface area contributed by atoms with Crippen LogP contribution < -0.4 is 5.32 Å². The Morgan fingerprint density at radius 3 is 2.58 bits per heavy atom. The highest BCUT2D eigenvalue weighted by atomic mass is 35.5. The van der Waals surface area contributed by atoms with Crippen LogP contribution in [0.4, 0.5) is 4.79 Å². The van der Waals surface area contributed by atoms with Crippen molar-refractivity contribution in [3.63, 3.8) is 0 Å². The number of imide groups is 1. The zero-order valence-electron chi connectivity index (χ0n) is 14.1. The van der Waals surface area contributed by atoms with Crippen molar-refractivity contribution in [1.82, 2.24) is 20.0 Å². The van der Waals surface area contributed by atoms with Crippen molar-refractivity contribution in [1.29, 1.82) is 0 Å². The summed E-state index contributed by atoms with van der Waals surface area (Å²) in [6.45, 7) is 8.30. The number of ether oxygens (including phenoxy) is 1. The van der Waals surface area contributed by atoms with Gasteiger partial charge < -0.3 is 10.1 Å². The van der Waals surface area contributed by atoms with Crippen LogP contribution in [-0.2, 0) is 16.1 Å². The van der Waals surface area contributed by atoms with Gasteiger partial charge in [0.2, 0.25) is 0 Å². The highest BCUT2D eigenvalue weighted by molar-refractivity contribution is 6.32. The largest absolute Gasteiger partial charge is 0.449 e. The fourth-order valence-electron chi connectivity index (χ4n) is 2.42. The van der Waals surface area contributed by atoms with E-state index in [1.807, 2.05) is 13.8 Å². The third-order valence-corrected chi connectivity index (χ3v) is 3.95. The Bertz CT molecular complexity index is 671. The number of aromatic nitrogens is 2. The highest BCUT2D eigenvalue weighted by Gasteiger charge is 2.33. The second-order valence-electron chi connectivity index (χ2n) is 6.10. The summed E-state index contributed by atoms with van der Waals surface area (Å²) in [6.07, 6.45) is -1.09. The first-order valence-corrected chi connectivity index (χ1v) is 8.13. The van der Waals surface area contributed by atoms with Crippen LogP contribution in [0.1, 0.15) is 36.8 Å². The molecule has 2 rings (SSSR count). The Morgan fingerprint density at radius 2 is 2.04 bits per heavy atom. The molecule has 0 bridgehead atoms. The lowest BCUT2D eigenvalue weighted by molar-refractivity contribution is -0.136. The molecule has 1 saturated heterocycles. The van der Waals surface area contributed by atoms with Gasteiger partial charge in [-0.2, -0.15) is 5.10 Å². The summed E-state index contributed by atoms with van der Waals surface area (Å²) >= 11 is 6.22. The topological polar surface area (TPSA) is 93.5 Å². The summed E-state index contributed by atoms with van der Waals surface area (Å²) in [5.74, 6) is -0.991. The minimum Gasteiger partial charge on any atom is -0.449 e. The average Bonchev–Trinajstić information content (AvgIpc) is 3.01. The Kier molecular flexibility index (Phi) is 5.48. The molecule has 0 aromatic carbocycles. The number of carbonyl (C=O) groups excluding carboxylic acids is 3. The first-order valence-electron chi connectivity index (χ1n) is 7.75. The Balaban J connectivity index is 2.10. The second-order valence-corrected chi connectivity index (χ2v) is 6.45. The van der Waals surface area contributed by atoms with Gasteiger partial charge in [0, 0.05) is 19.6 Å². The van der Waals surface area contributed by atoms with Gasteiger partial charge in [0.1, 0.15) is 10.7 Å². The zero-order valence-corrected chi connectivity index (χ0v) is 14.9. The average molecular weight is 357 g/mol. The van der Waals surface area contributed by atoms with Crippen LogP contribution in [0, 0.1) is 12.8 Å². The number of urea groups is 1. The van der Waals surface area contributed by atoms with Crippen molar-refractivity contribution in [2.75, 3.05) is 13.1 Å². The number of amides is 3. The monoisotopic (exact) mass is 356 g/mol. The predicted octanol–water partition coefficient (Wildman–Crippen LogP) is 1.60. The Morgan fingerprint density at radius 1 is 1.38 bits per heavy atom. The van der Waals surface area contributed by atoms with E-state index in [1.165, 1.54) is 6.92 Å². The number of hydrogen-bond acceptors (Lipinski definition) is 5. The van der Waals surface area contributed by atoms with E-state index < -0.39 is 24.0 Å². The van der Waals surface area contributed by atoms with Crippen LogP contribution in [0.2, 0.25) is 5.15 Å². The molecule has 1 aromatic rings. The maximum Gasteiger partial charge on any atom is 0.343 e. The molecule has 1 aliphatic heterocycles. The molecule has 0 radical (unpaired) electrons. The molecule has 1 fully saturated rings. The van der Waals surface area contributed by atoms with E-state index in [-0.39, 0.29) is 17.3 Å². The summed E-state index contributed by atoms with van der Waals surface area (Å²) in [6, 6.07) is -0.484. The molecule has 1 atom stereocenters. The van der Waals surface area contributed by atoms with Gasteiger partial charge >= 0.3 is 12.0 Å². The minimum absolute atomic E-state index is 0.142. The molecule has 0 spiro atoms. The van der Waals surface area contributed by atoms with Gasteiger partial charge in [-0.15, -0.1) is 0 Å². The maximum atomic E-state index is 12.4. The van der Waals surface area contributed by atoms with Crippen LogP contribution >= 0.6 is 11.6 Å². The van der Waals surface area contributed by atoms with Gasteiger partial charge in [0.05, 0.1) is 5.69 Å². The molecule has 1 aromatic heterocycles. The fraction of sp³-hybridized carbons (Fsp3) is 0.600. The van der Waals surface area contributed by atoms with Crippen molar-refractivity contribution in [3.05, 3.63) is 16.4 Å². The first kappa shape index (κ1) is 18.3. The Labute approximate surface area is 145 Å². The molecule has 8 nitrogen and oxygen atoms in total. The van der Waals surface area contributed by atoms with E-state index in [2.05, 4.69) is 10.4 Å². The number of nitrogens with one attached hydrogen (secondary N) is 1. The van der Waals surface area contributed by atoms with Gasteiger partial charge in [0.15, 0.2) is 6.10 Å². The lowest BCUT2D eigenvalue weighted by Gasteiger charge is -2.18. The second kappa shape index (κ2) is 7.21. The van der Waals surface area contributed by atoms with Crippen LogP contribution in [0.5, 0.6) is 0 Å². The van der Waals surface area contributed by atoms with Gasteiger partial charge in [0.25, 0.3) is 5.91 Å². The van der Waals surface area contributed by atoms with Crippen molar-refractivity contribution in [2.24, 2.45) is 5.92 Å². The molecule has 0 unspecified atom stereocenters. The summed E-state index contributed by atoms with van der Waals surface area (Å²) < 4.78 is 6.73. The Hall–Kier alpha value is -2.09. The number of rotatable bonds is 5. The molecule has 0 saturated carbocycles. The molecule has 132 valence electrons. The van der Waals surface area contributed by atoms with E-state index in [0.29, 0.717) is 24.7 Å². The van der Waals surface area contributed by atoms with Gasteiger partial charge in [-0.1, -0.05) is 25.4 Å². The number of nitrogens with zero attached hydrogens (tertiary/aromatic N) is 3. The van der Waals surface area contributed by atoms with Crippen LogP contribution in [0.15, 0.2) is 0 Å². The number of carbonyl (C=O) groups is 3. The molecule has 1 N–H and O–H groups in total. The third-order valence-electron chi connectivity index (χ3n) is 3.56. The summed E-state index contributed by atoms with van der Waals surface area (Å²) in [7, 11) is 0. The van der Waals surface area contributed by atoms with Crippen molar-refractivity contribution >= 4 is 29.5 Å². The lowest BCUT2D eigenvalue weighted by Crippen LogP contribution is -2.41. The van der Waals surface area contributed by atoms with E-state index in [4.69, 9.17) is 16.3 Å². The molecule has 2 heterocycles. The molecule has 3 amide bonds. The standard InChI is InChI=1S/C15H21ClN4O4/c1-8(2)7-20-12(16)11(9(3)18-20)14(22)24-10(4)13(21)19-6-5-17-15(19)23/h8,10H,5-7H2,1-4H3,(H,17,23)/t10-/m0/s1. The fourth-order valence-corrected chi connectivity index (χ4v) is 2.74. The van der Waals surface area contributed by atoms with Gasteiger partial charge in [-0.3, -0.25) is 14.4 Å². The molecule has 24 heavy (non-hydrogen) atoms. The van der Waals surface area contributed by atoms with Gasteiger partial charge in [-0.05, 0) is 19.8 Å². The quantitative estimate of drug-likeness (QED) is 0.809. The normalized spacial score (nSPS) is 15.6.